The molecule has 2 N–H and O–H groups in total. The highest BCUT2D eigenvalue weighted by Crippen LogP contribution is 2.10. The zero-order chi connectivity index (χ0) is 14.1. The smallest absolute Gasteiger partial charge is 0.213 e. The second-order valence-electron chi connectivity index (χ2n) is 5.80. The molecule has 0 aliphatic carbocycles. The normalized spacial score (nSPS) is 22.3. The lowest BCUT2D eigenvalue weighted by molar-refractivity contribution is 0.420. The molecular weight excluding hydrogens is 260 g/mol. The summed E-state index contributed by atoms with van der Waals surface area (Å²) in [6.07, 6.45) is 8.99. The molecular formula is C14H30N2O2S. The first-order valence-corrected chi connectivity index (χ1v) is 9.42. The van der Waals surface area contributed by atoms with Crippen molar-refractivity contribution >= 4 is 10.0 Å². The summed E-state index contributed by atoms with van der Waals surface area (Å²) >= 11 is 0. The fraction of sp³-hybridized carbons (Fsp3) is 1.00. The number of rotatable bonds is 9. The van der Waals surface area contributed by atoms with Gasteiger partial charge in [-0.1, -0.05) is 39.0 Å². The summed E-state index contributed by atoms with van der Waals surface area (Å²) in [5.41, 5.74) is 0. The van der Waals surface area contributed by atoms with Crippen LogP contribution in [0.5, 0.6) is 0 Å². The topological polar surface area (TPSA) is 58.2 Å². The van der Waals surface area contributed by atoms with E-state index in [0.29, 0.717) is 0 Å². The van der Waals surface area contributed by atoms with E-state index < -0.39 is 10.0 Å². The molecule has 1 aliphatic heterocycles. The van der Waals surface area contributed by atoms with E-state index in [1.807, 2.05) is 6.92 Å². The van der Waals surface area contributed by atoms with Crippen molar-refractivity contribution in [3.8, 4) is 0 Å². The summed E-state index contributed by atoms with van der Waals surface area (Å²) in [6, 6.07) is 0.198. The van der Waals surface area contributed by atoms with E-state index in [-0.39, 0.29) is 17.8 Å². The Labute approximate surface area is 118 Å². The van der Waals surface area contributed by atoms with Crippen LogP contribution in [0.1, 0.15) is 65.2 Å². The Kier molecular flexibility index (Phi) is 7.95. The van der Waals surface area contributed by atoms with Gasteiger partial charge in [0.05, 0.1) is 5.75 Å². The second-order valence-corrected chi connectivity index (χ2v) is 7.60. The van der Waals surface area contributed by atoms with E-state index >= 15 is 0 Å². The molecule has 0 amide bonds. The van der Waals surface area contributed by atoms with Gasteiger partial charge < -0.3 is 5.32 Å². The zero-order valence-corrected chi connectivity index (χ0v) is 13.3. The van der Waals surface area contributed by atoms with Crippen molar-refractivity contribution in [3.63, 3.8) is 0 Å². The van der Waals surface area contributed by atoms with Crippen LogP contribution in [0.3, 0.4) is 0 Å². The van der Waals surface area contributed by atoms with Crippen molar-refractivity contribution in [1.82, 2.24) is 10.0 Å². The van der Waals surface area contributed by atoms with Crippen molar-refractivity contribution in [2.45, 2.75) is 77.3 Å². The average Bonchev–Trinajstić information content (AvgIpc) is 2.34. The fourth-order valence-electron chi connectivity index (χ4n) is 2.62. The maximum absolute atomic E-state index is 12.0. The molecule has 1 saturated heterocycles. The maximum Gasteiger partial charge on any atom is 0.213 e. The van der Waals surface area contributed by atoms with Gasteiger partial charge in [-0.25, -0.2) is 13.1 Å². The van der Waals surface area contributed by atoms with E-state index in [4.69, 9.17) is 0 Å². The van der Waals surface area contributed by atoms with Gasteiger partial charge in [0.25, 0.3) is 0 Å². The van der Waals surface area contributed by atoms with Crippen LogP contribution in [0.25, 0.3) is 0 Å². The van der Waals surface area contributed by atoms with E-state index in [1.165, 1.54) is 19.3 Å². The highest BCUT2D eigenvalue weighted by molar-refractivity contribution is 7.89. The highest BCUT2D eigenvalue weighted by Gasteiger charge is 2.22. The van der Waals surface area contributed by atoms with Gasteiger partial charge in [-0.05, 0) is 32.7 Å². The summed E-state index contributed by atoms with van der Waals surface area (Å²) in [5.74, 6) is 0.228. The van der Waals surface area contributed by atoms with E-state index in [0.717, 1.165) is 38.6 Å². The molecule has 0 bridgehead atoms. The number of hydrogen-bond acceptors (Lipinski definition) is 3. The SMILES string of the molecule is CCCCCCC(C)NS(=O)(=O)CC1CCCCN1. The Balaban J connectivity index is 2.24. The molecule has 0 aromatic rings. The molecule has 2 atom stereocenters. The Hall–Kier alpha value is -0.130. The van der Waals surface area contributed by atoms with Crippen LogP contribution in [0, 0.1) is 0 Å². The summed E-state index contributed by atoms with van der Waals surface area (Å²) in [4.78, 5) is 0. The molecule has 1 fully saturated rings. The van der Waals surface area contributed by atoms with Crippen LogP contribution in [0.2, 0.25) is 0 Å². The minimum atomic E-state index is -3.14. The Morgan fingerprint density at radius 3 is 2.68 bits per heavy atom. The zero-order valence-electron chi connectivity index (χ0n) is 12.5. The largest absolute Gasteiger partial charge is 0.313 e. The van der Waals surface area contributed by atoms with Gasteiger partial charge in [-0.15, -0.1) is 0 Å². The van der Waals surface area contributed by atoms with Gasteiger partial charge in [0, 0.05) is 12.1 Å². The van der Waals surface area contributed by atoms with Crippen LogP contribution < -0.4 is 10.0 Å². The van der Waals surface area contributed by atoms with Gasteiger partial charge in [0.1, 0.15) is 0 Å². The van der Waals surface area contributed by atoms with E-state index in [2.05, 4.69) is 17.0 Å². The van der Waals surface area contributed by atoms with Gasteiger partial charge in [-0.2, -0.15) is 0 Å². The molecule has 0 saturated carbocycles. The molecule has 0 aromatic carbocycles. The number of unbranched alkanes of at least 4 members (excludes halogenated alkanes) is 3. The molecule has 0 spiro atoms. The molecule has 114 valence electrons. The molecule has 5 heteroatoms. The molecule has 1 rings (SSSR count). The Morgan fingerprint density at radius 1 is 1.26 bits per heavy atom. The predicted octanol–water partition coefficient (Wildman–Crippen LogP) is 2.41. The third kappa shape index (κ3) is 7.90. The van der Waals surface area contributed by atoms with Gasteiger partial charge in [0.15, 0.2) is 0 Å². The summed E-state index contributed by atoms with van der Waals surface area (Å²) in [6.45, 7) is 5.11. The standard InChI is InChI=1S/C14H30N2O2S/c1-3-4-5-6-9-13(2)16-19(17,18)12-14-10-7-8-11-15-14/h13-16H,3-12H2,1-2H3. The lowest BCUT2D eigenvalue weighted by atomic mass is 10.1. The van der Waals surface area contributed by atoms with Crippen molar-refractivity contribution in [3.05, 3.63) is 0 Å². The van der Waals surface area contributed by atoms with Crippen molar-refractivity contribution in [2.24, 2.45) is 0 Å². The lowest BCUT2D eigenvalue weighted by Crippen LogP contribution is -2.44. The average molecular weight is 290 g/mol. The first-order chi connectivity index (χ1) is 9.03. The quantitative estimate of drug-likeness (QED) is 0.641. The second kappa shape index (κ2) is 8.93. The van der Waals surface area contributed by atoms with Crippen LogP contribution >= 0.6 is 0 Å². The summed E-state index contributed by atoms with van der Waals surface area (Å²) in [5, 5.41) is 3.29. The molecule has 2 unspecified atom stereocenters. The van der Waals surface area contributed by atoms with Crippen LogP contribution in [0.15, 0.2) is 0 Å². The minimum Gasteiger partial charge on any atom is -0.313 e. The first-order valence-electron chi connectivity index (χ1n) is 7.77. The highest BCUT2D eigenvalue weighted by atomic mass is 32.2. The number of hydrogen-bond donors (Lipinski definition) is 2. The van der Waals surface area contributed by atoms with Gasteiger partial charge in [-0.3, -0.25) is 0 Å². The van der Waals surface area contributed by atoms with E-state index in [1.54, 1.807) is 0 Å². The minimum absolute atomic E-state index is 0.0606. The van der Waals surface area contributed by atoms with Crippen LogP contribution in [-0.4, -0.2) is 32.8 Å². The van der Waals surface area contributed by atoms with Crippen molar-refractivity contribution < 1.29 is 8.42 Å². The molecule has 1 heterocycles. The van der Waals surface area contributed by atoms with E-state index in [9.17, 15) is 8.42 Å². The van der Waals surface area contributed by atoms with Crippen LogP contribution in [-0.2, 0) is 10.0 Å². The van der Waals surface area contributed by atoms with Crippen LogP contribution in [0.4, 0.5) is 0 Å². The number of sulfonamides is 1. The molecule has 0 radical (unpaired) electrons. The molecule has 1 aliphatic rings. The lowest BCUT2D eigenvalue weighted by Gasteiger charge is -2.24. The predicted molar refractivity (Wildman–Crippen MR) is 80.8 cm³/mol. The summed E-state index contributed by atoms with van der Waals surface area (Å²) < 4.78 is 26.9. The maximum atomic E-state index is 12.0. The van der Waals surface area contributed by atoms with Gasteiger partial charge >= 0.3 is 0 Å². The summed E-state index contributed by atoms with van der Waals surface area (Å²) in [7, 11) is -3.14. The number of nitrogens with one attached hydrogen (secondary N) is 2. The molecule has 0 aromatic heterocycles. The molecule has 4 nitrogen and oxygen atoms in total. The monoisotopic (exact) mass is 290 g/mol. The third-order valence-electron chi connectivity index (χ3n) is 3.70. The van der Waals surface area contributed by atoms with Gasteiger partial charge in [0.2, 0.25) is 10.0 Å². The number of piperidine rings is 1. The molecule has 19 heavy (non-hydrogen) atoms. The fourth-order valence-corrected chi connectivity index (χ4v) is 4.26. The first kappa shape index (κ1) is 16.9. The Bertz CT molecular complexity index is 324. The Morgan fingerprint density at radius 2 is 2.05 bits per heavy atom. The third-order valence-corrected chi connectivity index (χ3v) is 5.31. The van der Waals surface area contributed by atoms with Crippen molar-refractivity contribution in [2.75, 3.05) is 12.3 Å². The van der Waals surface area contributed by atoms with Crippen molar-refractivity contribution in [1.29, 1.82) is 0 Å².